The van der Waals surface area contributed by atoms with Crippen LogP contribution in [0.4, 0.5) is 10.1 Å². The molecule has 0 aliphatic heterocycles. The number of halogens is 2. The Kier molecular flexibility index (Phi) is 4.52. The van der Waals surface area contributed by atoms with Crippen LogP contribution in [0.25, 0.3) is 0 Å². The van der Waals surface area contributed by atoms with Gasteiger partial charge in [0.25, 0.3) is 10.0 Å². The molecule has 2 aromatic rings. The van der Waals surface area contributed by atoms with Crippen LogP contribution in [0.3, 0.4) is 0 Å². The lowest BCUT2D eigenvalue weighted by Crippen LogP contribution is -2.15. The van der Waals surface area contributed by atoms with Crippen molar-refractivity contribution in [2.45, 2.75) is 11.8 Å². The number of anilines is 1. The predicted octanol–water partition coefficient (Wildman–Crippen LogP) is 3.40. The second kappa shape index (κ2) is 6.05. The third-order valence-electron chi connectivity index (χ3n) is 2.99. The molecule has 2 rings (SSSR count). The molecule has 0 aliphatic carbocycles. The Morgan fingerprint density at radius 3 is 2.55 bits per heavy atom. The van der Waals surface area contributed by atoms with Crippen molar-refractivity contribution in [2.24, 2.45) is 0 Å². The lowest BCUT2D eigenvalue weighted by atomic mass is 10.1. The molecule has 0 spiro atoms. The maximum Gasteiger partial charge on any atom is 0.336 e. The molecule has 0 saturated carbocycles. The van der Waals surface area contributed by atoms with E-state index in [1.165, 1.54) is 25.1 Å². The van der Waals surface area contributed by atoms with Crippen LogP contribution in [0.2, 0.25) is 0 Å². The molecule has 0 amide bonds. The van der Waals surface area contributed by atoms with E-state index in [4.69, 9.17) is 5.11 Å². The van der Waals surface area contributed by atoms with E-state index in [0.717, 1.165) is 18.2 Å². The zero-order valence-electron chi connectivity index (χ0n) is 11.3. The second-order valence-electron chi connectivity index (χ2n) is 4.46. The highest BCUT2D eigenvalue weighted by Gasteiger charge is 2.20. The minimum absolute atomic E-state index is 0.00151. The first kappa shape index (κ1) is 16.4. The standard InChI is InChI=1S/C14H11BrFNO4S/c1-8-10(14(18)19)3-2-4-12(8)17-22(20,21)13-6-5-9(16)7-11(13)15/h2-7,17H,1H3,(H,18,19). The lowest BCUT2D eigenvalue weighted by molar-refractivity contribution is 0.0696. The Morgan fingerprint density at radius 2 is 1.95 bits per heavy atom. The van der Waals surface area contributed by atoms with Gasteiger partial charge in [0.15, 0.2) is 0 Å². The van der Waals surface area contributed by atoms with Crippen LogP contribution >= 0.6 is 15.9 Å². The van der Waals surface area contributed by atoms with E-state index in [1.807, 2.05) is 0 Å². The highest BCUT2D eigenvalue weighted by molar-refractivity contribution is 9.10. The lowest BCUT2D eigenvalue weighted by Gasteiger charge is -2.13. The van der Waals surface area contributed by atoms with E-state index in [9.17, 15) is 17.6 Å². The van der Waals surface area contributed by atoms with Crippen molar-refractivity contribution in [2.75, 3.05) is 4.72 Å². The molecule has 2 N–H and O–H groups in total. The maximum atomic E-state index is 13.1. The van der Waals surface area contributed by atoms with E-state index >= 15 is 0 Å². The van der Waals surface area contributed by atoms with Gasteiger partial charge < -0.3 is 5.11 Å². The van der Waals surface area contributed by atoms with Crippen LogP contribution in [-0.4, -0.2) is 19.5 Å². The molecular formula is C14H11BrFNO4S. The third-order valence-corrected chi connectivity index (χ3v) is 5.33. The Labute approximate surface area is 135 Å². The predicted molar refractivity (Wildman–Crippen MR) is 83.0 cm³/mol. The molecule has 0 heterocycles. The van der Waals surface area contributed by atoms with E-state index in [0.29, 0.717) is 0 Å². The topological polar surface area (TPSA) is 83.5 Å². The Balaban J connectivity index is 2.46. The van der Waals surface area contributed by atoms with Crippen LogP contribution in [0.15, 0.2) is 45.8 Å². The van der Waals surface area contributed by atoms with Crippen LogP contribution in [0.1, 0.15) is 15.9 Å². The summed E-state index contributed by atoms with van der Waals surface area (Å²) in [4.78, 5) is 10.9. The Hall–Kier alpha value is -1.93. The van der Waals surface area contributed by atoms with Crippen molar-refractivity contribution in [1.82, 2.24) is 0 Å². The van der Waals surface area contributed by atoms with E-state index < -0.39 is 21.8 Å². The average molecular weight is 388 g/mol. The summed E-state index contributed by atoms with van der Waals surface area (Å²) in [6.45, 7) is 1.50. The molecule has 0 fully saturated rings. The summed E-state index contributed by atoms with van der Waals surface area (Å²) >= 11 is 3.00. The molecule has 0 aliphatic rings. The molecule has 0 saturated heterocycles. The summed E-state index contributed by atoms with van der Waals surface area (Å²) in [7, 11) is -3.98. The molecular weight excluding hydrogens is 377 g/mol. The number of sulfonamides is 1. The van der Waals surface area contributed by atoms with E-state index in [2.05, 4.69) is 20.7 Å². The van der Waals surface area contributed by atoms with Crippen LogP contribution in [-0.2, 0) is 10.0 Å². The van der Waals surface area contributed by atoms with Crippen LogP contribution < -0.4 is 4.72 Å². The van der Waals surface area contributed by atoms with Gasteiger partial charge in [0, 0.05) is 4.47 Å². The van der Waals surface area contributed by atoms with Crippen molar-refractivity contribution in [3.63, 3.8) is 0 Å². The maximum absolute atomic E-state index is 13.1. The molecule has 0 atom stereocenters. The van der Waals surface area contributed by atoms with Crippen molar-refractivity contribution in [3.05, 3.63) is 57.8 Å². The molecule has 0 aromatic heterocycles. The zero-order valence-corrected chi connectivity index (χ0v) is 13.7. The summed E-state index contributed by atoms with van der Waals surface area (Å²) in [6.07, 6.45) is 0. The van der Waals surface area contributed by atoms with Crippen molar-refractivity contribution >= 4 is 37.6 Å². The van der Waals surface area contributed by atoms with Crippen molar-refractivity contribution in [1.29, 1.82) is 0 Å². The quantitative estimate of drug-likeness (QED) is 0.841. The third kappa shape index (κ3) is 3.28. The molecule has 0 bridgehead atoms. The number of carboxylic acids is 1. The number of nitrogens with one attached hydrogen (secondary N) is 1. The number of benzene rings is 2. The fourth-order valence-corrected chi connectivity index (χ4v) is 4.04. The molecule has 5 nitrogen and oxygen atoms in total. The van der Waals surface area contributed by atoms with Gasteiger partial charge in [-0.25, -0.2) is 17.6 Å². The summed E-state index contributed by atoms with van der Waals surface area (Å²) in [5.74, 6) is -1.73. The number of rotatable bonds is 4. The summed E-state index contributed by atoms with van der Waals surface area (Å²) in [6, 6.07) is 7.46. The van der Waals surface area contributed by atoms with E-state index in [1.54, 1.807) is 0 Å². The van der Waals surface area contributed by atoms with Gasteiger partial charge in [-0.15, -0.1) is 0 Å². The summed E-state index contributed by atoms with van der Waals surface area (Å²) in [5.41, 5.74) is 0.436. The van der Waals surface area contributed by atoms with Crippen molar-refractivity contribution in [3.8, 4) is 0 Å². The Bertz CT molecular complexity index is 852. The van der Waals surface area contributed by atoms with Gasteiger partial charge in [-0.1, -0.05) is 6.07 Å². The normalized spacial score (nSPS) is 11.2. The second-order valence-corrected chi connectivity index (χ2v) is 6.97. The van der Waals surface area contributed by atoms with Crippen LogP contribution in [0, 0.1) is 12.7 Å². The van der Waals surface area contributed by atoms with Gasteiger partial charge in [0.2, 0.25) is 0 Å². The number of hydrogen-bond acceptors (Lipinski definition) is 3. The van der Waals surface area contributed by atoms with Crippen LogP contribution in [0.5, 0.6) is 0 Å². The first-order valence-corrected chi connectivity index (χ1v) is 8.31. The monoisotopic (exact) mass is 387 g/mol. The van der Waals surface area contributed by atoms with Gasteiger partial charge in [-0.3, -0.25) is 4.72 Å². The van der Waals surface area contributed by atoms with Gasteiger partial charge >= 0.3 is 5.97 Å². The van der Waals surface area contributed by atoms with Gasteiger partial charge in [-0.05, 0) is 58.7 Å². The number of aromatic carboxylic acids is 1. The highest BCUT2D eigenvalue weighted by Crippen LogP contribution is 2.27. The smallest absolute Gasteiger partial charge is 0.336 e. The van der Waals surface area contributed by atoms with Gasteiger partial charge in [0.05, 0.1) is 11.3 Å². The zero-order chi connectivity index (χ0) is 16.5. The highest BCUT2D eigenvalue weighted by atomic mass is 79.9. The number of carboxylic acid groups (broad SMARTS) is 1. The molecule has 22 heavy (non-hydrogen) atoms. The fourth-order valence-electron chi connectivity index (χ4n) is 1.87. The van der Waals surface area contributed by atoms with Gasteiger partial charge in [-0.2, -0.15) is 0 Å². The fraction of sp³-hybridized carbons (Fsp3) is 0.0714. The largest absolute Gasteiger partial charge is 0.478 e. The minimum Gasteiger partial charge on any atom is -0.478 e. The average Bonchev–Trinajstić information content (AvgIpc) is 2.40. The van der Waals surface area contributed by atoms with Gasteiger partial charge in [0.1, 0.15) is 10.7 Å². The first-order chi connectivity index (χ1) is 10.2. The Morgan fingerprint density at radius 1 is 1.27 bits per heavy atom. The molecule has 0 unspecified atom stereocenters. The van der Waals surface area contributed by atoms with E-state index in [-0.39, 0.29) is 26.2 Å². The summed E-state index contributed by atoms with van der Waals surface area (Å²) in [5, 5.41) is 9.05. The summed E-state index contributed by atoms with van der Waals surface area (Å²) < 4.78 is 40.2. The molecule has 116 valence electrons. The molecule has 2 aromatic carbocycles. The number of carbonyl (C=O) groups is 1. The first-order valence-electron chi connectivity index (χ1n) is 6.03. The molecule has 0 radical (unpaired) electrons. The SMILES string of the molecule is Cc1c(NS(=O)(=O)c2ccc(F)cc2Br)cccc1C(=O)O. The van der Waals surface area contributed by atoms with Crippen molar-refractivity contribution < 1.29 is 22.7 Å². The molecule has 8 heteroatoms. The minimum atomic E-state index is -3.98. The number of hydrogen-bond donors (Lipinski definition) is 2.